The van der Waals surface area contributed by atoms with Gasteiger partial charge >= 0.3 is 0 Å². The minimum atomic E-state index is -0.656. The predicted molar refractivity (Wildman–Crippen MR) is 115 cm³/mol. The minimum Gasteiger partial charge on any atom is -0.389 e. The van der Waals surface area contributed by atoms with Crippen molar-refractivity contribution >= 4 is 5.78 Å². The first-order chi connectivity index (χ1) is 13.2. The normalized spacial score (nSPS) is 51.2. The molecule has 4 fully saturated rings. The molecule has 8 atom stereocenters. The van der Waals surface area contributed by atoms with Gasteiger partial charge in [0.05, 0.1) is 5.60 Å². The first-order valence-electron chi connectivity index (χ1n) is 12.1. The zero-order valence-corrected chi connectivity index (χ0v) is 18.9. The van der Waals surface area contributed by atoms with Crippen LogP contribution in [0.25, 0.3) is 0 Å². The summed E-state index contributed by atoms with van der Waals surface area (Å²) >= 11 is 0. The topological polar surface area (TPSA) is 37.3 Å². The van der Waals surface area contributed by atoms with Crippen LogP contribution in [-0.4, -0.2) is 16.5 Å². The summed E-state index contributed by atoms with van der Waals surface area (Å²) in [6.07, 6.45) is 13.9. The number of hydrogen-bond donors (Lipinski definition) is 1. The molecular formula is C26H42O2. The van der Waals surface area contributed by atoms with Crippen LogP contribution >= 0.6 is 0 Å². The third-order valence-corrected chi connectivity index (χ3v) is 10.7. The molecule has 0 aliphatic heterocycles. The molecule has 2 nitrogen and oxygen atoms in total. The van der Waals surface area contributed by atoms with E-state index < -0.39 is 5.60 Å². The Morgan fingerprint density at radius 1 is 1.07 bits per heavy atom. The lowest BCUT2D eigenvalue weighted by atomic mass is 9.40. The summed E-state index contributed by atoms with van der Waals surface area (Å²) in [4.78, 5) is 13.6. The van der Waals surface area contributed by atoms with Gasteiger partial charge in [-0.25, -0.2) is 0 Å². The van der Waals surface area contributed by atoms with Gasteiger partial charge in [0.1, 0.15) is 0 Å². The second-order valence-electron chi connectivity index (χ2n) is 11.2. The Morgan fingerprint density at radius 3 is 2.50 bits per heavy atom. The third-order valence-electron chi connectivity index (χ3n) is 10.7. The van der Waals surface area contributed by atoms with Crippen LogP contribution in [0.3, 0.4) is 0 Å². The second-order valence-corrected chi connectivity index (χ2v) is 11.2. The molecular weight excluding hydrogens is 344 g/mol. The standard InChI is InChI=1S/C26H42O2/c1-6-17(3)23(27)22-16-21-20(12-11-19-10-8-9-14-24(19,21)4)26(28)15-13-18(7-2)25(22,26)5/h6,18-22,28H,7-16H2,1-5H3/t18-,19?,20+,21-,22?,24-,25-,26?/m0/s1. The number of fused-ring (bicyclic) bond motifs is 5. The van der Waals surface area contributed by atoms with E-state index in [2.05, 4.69) is 20.8 Å². The molecule has 0 saturated heterocycles. The first kappa shape index (κ1) is 20.6. The van der Waals surface area contributed by atoms with Gasteiger partial charge in [-0.1, -0.05) is 46.1 Å². The van der Waals surface area contributed by atoms with Gasteiger partial charge in [-0.2, -0.15) is 0 Å². The van der Waals surface area contributed by atoms with Crippen LogP contribution in [0.15, 0.2) is 11.6 Å². The van der Waals surface area contributed by atoms with Crippen LogP contribution in [0.4, 0.5) is 0 Å². The number of carbonyl (C=O) groups is 1. The molecule has 4 aliphatic rings. The highest BCUT2D eigenvalue weighted by atomic mass is 16.3. The molecule has 2 heteroatoms. The number of Topliss-reactive ketones (excluding diaryl/α,β-unsaturated/α-hetero) is 1. The molecule has 0 amide bonds. The Bertz CT molecular complexity index is 665. The summed E-state index contributed by atoms with van der Waals surface area (Å²) in [6, 6.07) is 0. The Kier molecular flexibility index (Phi) is 5.13. The molecule has 0 heterocycles. The average Bonchev–Trinajstić information content (AvgIpc) is 2.97. The number of allylic oxidation sites excluding steroid dienone is 2. The van der Waals surface area contributed by atoms with Crippen molar-refractivity contribution in [3.63, 3.8) is 0 Å². The molecule has 0 radical (unpaired) electrons. The van der Waals surface area contributed by atoms with Crippen LogP contribution in [-0.2, 0) is 4.79 Å². The fourth-order valence-corrected chi connectivity index (χ4v) is 8.85. The van der Waals surface area contributed by atoms with Crippen molar-refractivity contribution in [2.24, 2.45) is 40.4 Å². The Balaban J connectivity index is 1.81. The van der Waals surface area contributed by atoms with Gasteiger partial charge in [-0.05, 0) is 93.5 Å². The molecule has 0 aromatic carbocycles. The van der Waals surface area contributed by atoms with E-state index in [-0.39, 0.29) is 11.3 Å². The van der Waals surface area contributed by atoms with E-state index in [1.807, 2.05) is 19.9 Å². The molecule has 0 bridgehead atoms. The van der Waals surface area contributed by atoms with Gasteiger partial charge in [0.2, 0.25) is 0 Å². The van der Waals surface area contributed by atoms with Gasteiger partial charge in [0.25, 0.3) is 0 Å². The lowest BCUT2D eigenvalue weighted by molar-refractivity contribution is -0.226. The van der Waals surface area contributed by atoms with Crippen molar-refractivity contribution in [1.82, 2.24) is 0 Å². The maximum atomic E-state index is 13.6. The number of hydrogen-bond acceptors (Lipinski definition) is 2. The van der Waals surface area contributed by atoms with E-state index in [1.54, 1.807) is 0 Å². The van der Waals surface area contributed by atoms with E-state index in [9.17, 15) is 9.90 Å². The highest BCUT2D eigenvalue weighted by Crippen LogP contribution is 2.71. The maximum Gasteiger partial charge on any atom is 0.161 e. The monoisotopic (exact) mass is 386 g/mol. The molecule has 0 aromatic heterocycles. The summed E-state index contributed by atoms with van der Waals surface area (Å²) in [5, 5.41) is 12.4. The molecule has 3 unspecified atom stereocenters. The Morgan fingerprint density at radius 2 is 1.82 bits per heavy atom. The molecule has 0 aromatic rings. The van der Waals surface area contributed by atoms with Crippen molar-refractivity contribution in [3.05, 3.63) is 11.6 Å². The number of carbonyl (C=O) groups excluding carboxylic acids is 1. The summed E-state index contributed by atoms with van der Waals surface area (Å²) in [5.41, 5.74) is 0.304. The van der Waals surface area contributed by atoms with Gasteiger partial charge in [-0.3, -0.25) is 4.79 Å². The zero-order valence-electron chi connectivity index (χ0n) is 18.9. The van der Waals surface area contributed by atoms with Gasteiger partial charge in [0.15, 0.2) is 5.78 Å². The van der Waals surface area contributed by atoms with Crippen LogP contribution in [0, 0.1) is 40.4 Å². The van der Waals surface area contributed by atoms with Crippen LogP contribution in [0.5, 0.6) is 0 Å². The first-order valence-corrected chi connectivity index (χ1v) is 12.1. The lowest BCUT2D eigenvalue weighted by Gasteiger charge is -2.65. The van der Waals surface area contributed by atoms with Gasteiger partial charge in [0, 0.05) is 11.3 Å². The maximum absolute atomic E-state index is 13.6. The number of ketones is 1. The van der Waals surface area contributed by atoms with E-state index in [4.69, 9.17) is 0 Å². The SMILES string of the molecule is CC=C(C)C(=O)C1C[C@H]2[C@@H](CCC3CCCC[C@@]32C)C2(O)CC[C@H](CC)[C@@]12C. The van der Waals surface area contributed by atoms with Crippen LogP contribution in [0.2, 0.25) is 0 Å². The largest absolute Gasteiger partial charge is 0.389 e. The third kappa shape index (κ3) is 2.52. The van der Waals surface area contributed by atoms with Crippen molar-refractivity contribution < 1.29 is 9.90 Å². The molecule has 4 aliphatic carbocycles. The zero-order chi connectivity index (χ0) is 20.3. The molecule has 28 heavy (non-hydrogen) atoms. The highest BCUT2D eigenvalue weighted by Gasteiger charge is 2.70. The van der Waals surface area contributed by atoms with Gasteiger partial charge < -0.3 is 5.11 Å². The fourth-order valence-electron chi connectivity index (χ4n) is 8.85. The molecule has 4 rings (SSSR count). The van der Waals surface area contributed by atoms with E-state index in [0.29, 0.717) is 29.0 Å². The number of aliphatic hydroxyl groups is 1. The molecule has 1 N–H and O–H groups in total. The molecule has 4 saturated carbocycles. The number of rotatable bonds is 3. The van der Waals surface area contributed by atoms with Gasteiger partial charge in [-0.15, -0.1) is 0 Å². The van der Waals surface area contributed by atoms with Crippen LogP contribution in [0.1, 0.15) is 98.8 Å². The Hall–Kier alpha value is -0.630. The summed E-state index contributed by atoms with van der Waals surface area (Å²) < 4.78 is 0. The highest BCUT2D eigenvalue weighted by molar-refractivity contribution is 5.97. The summed E-state index contributed by atoms with van der Waals surface area (Å²) in [6.45, 7) is 11.1. The van der Waals surface area contributed by atoms with E-state index >= 15 is 0 Å². The van der Waals surface area contributed by atoms with E-state index in [1.165, 1.54) is 38.5 Å². The van der Waals surface area contributed by atoms with Crippen molar-refractivity contribution in [2.75, 3.05) is 0 Å². The predicted octanol–water partition coefficient (Wildman–Crippen LogP) is 6.32. The quantitative estimate of drug-likeness (QED) is 0.576. The Labute approximate surface area is 172 Å². The molecule has 0 spiro atoms. The smallest absolute Gasteiger partial charge is 0.161 e. The van der Waals surface area contributed by atoms with Crippen LogP contribution < -0.4 is 0 Å². The van der Waals surface area contributed by atoms with Crippen molar-refractivity contribution in [3.8, 4) is 0 Å². The minimum absolute atomic E-state index is 0.0140. The fraction of sp³-hybridized carbons (Fsp3) is 0.885. The summed E-state index contributed by atoms with van der Waals surface area (Å²) in [7, 11) is 0. The lowest BCUT2D eigenvalue weighted by Crippen LogP contribution is -2.66. The van der Waals surface area contributed by atoms with Crippen molar-refractivity contribution in [2.45, 2.75) is 104 Å². The van der Waals surface area contributed by atoms with E-state index in [0.717, 1.165) is 37.2 Å². The summed E-state index contributed by atoms with van der Waals surface area (Å²) in [5.74, 6) is 2.48. The average molecular weight is 387 g/mol. The van der Waals surface area contributed by atoms with Crippen molar-refractivity contribution in [1.29, 1.82) is 0 Å². The molecule has 158 valence electrons. The second kappa shape index (κ2) is 6.96.